The first-order valence-electron chi connectivity index (χ1n) is 11.2. The van der Waals surface area contributed by atoms with Gasteiger partial charge in [-0.1, -0.05) is 12.1 Å². The molecule has 4 N–H and O–H groups in total. The number of anilines is 2. The van der Waals surface area contributed by atoms with Crippen molar-refractivity contribution in [3.63, 3.8) is 0 Å². The van der Waals surface area contributed by atoms with Crippen molar-refractivity contribution >= 4 is 23.6 Å². The van der Waals surface area contributed by atoms with Crippen molar-refractivity contribution in [2.24, 2.45) is 0 Å². The van der Waals surface area contributed by atoms with Crippen LogP contribution in [0, 0.1) is 0 Å². The number of carbonyl (C=O) groups excluding carboxylic acids is 1. The van der Waals surface area contributed by atoms with E-state index in [0.717, 1.165) is 11.3 Å². The molecule has 1 aliphatic heterocycles. The number of ether oxygens (including phenoxy) is 3. The smallest absolute Gasteiger partial charge is 0.335 e. The molecule has 0 amide bonds. The topological polar surface area (TPSA) is 151 Å². The van der Waals surface area contributed by atoms with Gasteiger partial charge in [-0.05, 0) is 47.7 Å². The lowest BCUT2D eigenvalue weighted by Gasteiger charge is -2.35. The Bertz CT molecular complexity index is 1370. The molecule has 36 heavy (non-hydrogen) atoms. The first kappa shape index (κ1) is 23.2. The lowest BCUT2D eigenvalue weighted by Crippen LogP contribution is -2.33. The standard InChI is InChI=1S/C25H25N5O6/c1-34-18-10-15(11-19(35-2)22(18)36-3)14-8-16-20(17(31)9-14)21(30-25(27-16)28-24(26)29-30)12-4-6-13(7-5-12)23(32)33/h4-7,10-11,14,21H,8-9H2,1-3H3,(H,32,33)(H3,26,27,28,29). The van der Waals surface area contributed by atoms with Crippen LogP contribution in [0.1, 0.15) is 46.3 Å². The molecule has 11 heteroatoms. The Balaban J connectivity index is 1.58. The molecule has 0 saturated heterocycles. The van der Waals surface area contributed by atoms with E-state index >= 15 is 0 Å². The van der Waals surface area contributed by atoms with E-state index in [4.69, 9.17) is 19.9 Å². The number of benzene rings is 2. The molecule has 3 aromatic rings. The lowest BCUT2D eigenvalue weighted by molar-refractivity contribution is -0.116. The number of aromatic nitrogens is 3. The second-order valence-corrected chi connectivity index (χ2v) is 8.57. The van der Waals surface area contributed by atoms with Gasteiger partial charge in [0.05, 0.1) is 26.9 Å². The Morgan fingerprint density at radius 3 is 2.31 bits per heavy atom. The highest BCUT2D eigenvalue weighted by Crippen LogP contribution is 2.47. The van der Waals surface area contributed by atoms with Gasteiger partial charge in [-0.2, -0.15) is 4.98 Å². The number of aromatic carboxylic acids is 1. The van der Waals surface area contributed by atoms with Crippen molar-refractivity contribution in [3.8, 4) is 17.2 Å². The Kier molecular flexibility index (Phi) is 5.75. The second-order valence-electron chi connectivity index (χ2n) is 8.57. The molecule has 1 aliphatic carbocycles. The van der Waals surface area contributed by atoms with Gasteiger partial charge in [0, 0.05) is 17.7 Å². The molecule has 2 heterocycles. The summed E-state index contributed by atoms with van der Waals surface area (Å²) < 4.78 is 18.0. The number of fused-ring (bicyclic) bond motifs is 1. The van der Waals surface area contributed by atoms with Crippen LogP contribution in [0.15, 0.2) is 47.7 Å². The number of Topliss-reactive ketones (excluding diaryl/α,β-unsaturated/α-hetero) is 1. The van der Waals surface area contributed by atoms with Crippen molar-refractivity contribution in [2.45, 2.75) is 24.8 Å². The van der Waals surface area contributed by atoms with E-state index in [1.807, 2.05) is 12.1 Å². The van der Waals surface area contributed by atoms with Crippen LogP contribution < -0.4 is 25.3 Å². The molecule has 2 aliphatic rings. The Hall–Kier alpha value is -4.54. The zero-order chi connectivity index (χ0) is 25.6. The summed E-state index contributed by atoms with van der Waals surface area (Å²) in [7, 11) is 4.64. The molecule has 2 atom stereocenters. The monoisotopic (exact) mass is 491 g/mol. The zero-order valence-corrected chi connectivity index (χ0v) is 19.9. The van der Waals surface area contributed by atoms with Crippen molar-refractivity contribution in [3.05, 3.63) is 64.4 Å². The highest BCUT2D eigenvalue weighted by molar-refractivity contribution is 6.00. The van der Waals surface area contributed by atoms with E-state index < -0.39 is 12.0 Å². The molecule has 0 saturated carbocycles. The van der Waals surface area contributed by atoms with Gasteiger partial charge >= 0.3 is 5.97 Å². The van der Waals surface area contributed by atoms with E-state index in [-0.39, 0.29) is 29.6 Å². The average molecular weight is 492 g/mol. The molecular formula is C25H25N5O6. The minimum absolute atomic E-state index is 0.0606. The fourth-order valence-corrected chi connectivity index (χ4v) is 4.92. The Morgan fingerprint density at radius 1 is 1.06 bits per heavy atom. The molecule has 5 rings (SSSR count). The molecule has 186 valence electrons. The Morgan fingerprint density at radius 2 is 1.72 bits per heavy atom. The maximum Gasteiger partial charge on any atom is 0.335 e. The summed E-state index contributed by atoms with van der Waals surface area (Å²) in [6.45, 7) is 0. The normalized spacial score (nSPS) is 18.7. The second kappa shape index (κ2) is 8.91. The summed E-state index contributed by atoms with van der Waals surface area (Å²) >= 11 is 0. The predicted octanol–water partition coefficient (Wildman–Crippen LogP) is 3.00. The number of nitrogens with two attached hydrogens (primary N) is 1. The van der Waals surface area contributed by atoms with Crippen LogP contribution in [0.25, 0.3) is 0 Å². The highest BCUT2D eigenvalue weighted by atomic mass is 16.5. The predicted molar refractivity (Wildman–Crippen MR) is 130 cm³/mol. The number of methoxy groups -OCH3 is 3. The number of carbonyl (C=O) groups is 2. The summed E-state index contributed by atoms with van der Waals surface area (Å²) in [6.07, 6.45) is 0.776. The summed E-state index contributed by atoms with van der Waals surface area (Å²) in [4.78, 5) is 29.3. The molecule has 2 aromatic carbocycles. The van der Waals surface area contributed by atoms with Crippen molar-refractivity contribution in [2.75, 3.05) is 32.4 Å². The SMILES string of the molecule is COc1cc(C2CC(=O)C3=C(C2)Nc2nc(N)nn2C3c2ccc(C(=O)O)cc2)cc(OC)c1OC. The maximum absolute atomic E-state index is 13.6. The summed E-state index contributed by atoms with van der Waals surface area (Å²) in [5.74, 6) is 0.748. The molecule has 0 spiro atoms. The van der Waals surface area contributed by atoms with Gasteiger partial charge in [0.2, 0.25) is 17.6 Å². The zero-order valence-electron chi connectivity index (χ0n) is 19.9. The number of carboxylic acids is 1. The summed E-state index contributed by atoms with van der Waals surface area (Å²) in [5.41, 5.74) is 8.90. The quantitative estimate of drug-likeness (QED) is 0.469. The third kappa shape index (κ3) is 3.78. The minimum Gasteiger partial charge on any atom is -0.493 e. The third-order valence-electron chi connectivity index (χ3n) is 6.57. The number of carboxylic acid groups (broad SMARTS) is 1. The van der Waals surface area contributed by atoms with Crippen LogP contribution in [-0.4, -0.2) is 53.0 Å². The first-order chi connectivity index (χ1) is 17.3. The minimum atomic E-state index is -1.03. The molecule has 1 aromatic heterocycles. The van der Waals surface area contributed by atoms with Crippen LogP contribution in [0.4, 0.5) is 11.9 Å². The summed E-state index contributed by atoms with van der Waals surface area (Å²) in [5, 5.41) is 16.8. The van der Waals surface area contributed by atoms with E-state index in [2.05, 4.69) is 15.4 Å². The number of hydrogen-bond donors (Lipinski definition) is 3. The van der Waals surface area contributed by atoms with E-state index in [0.29, 0.717) is 40.8 Å². The fraction of sp³-hybridized carbons (Fsp3) is 0.280. The molecular weight excluding hydrogens is 466 g/mol. The number of nitrogen functional groups attached to an aromatic ring is 1. The number of ketones is 1. The van der Waals surface area contributed by atoms with E-state index in [1.54, 1.807) is 31.0 Å². The van der Waals surface area contributed by atoms with Gasteiger partial charge in [0.25, 0.3) is 0 Å². The number of nitrogens with zero attached hydrogens (tertiary/aromatic N) is 3. The number of nitrogens with one attached hydrogen (secondary N) is 1. The number of hydrogen-bond acceptors (Lipinski definition) is 9. The van der Waals surface area contributed by atoms with Gasteiger partial charge < -0.3 is 30.4 Å². The van der Waals surface area contributed by atoms with Crippen molar-refractivity contribution in [1.29, 1.82) is 0 Å². The largest absolute Gasteiger partial charge is 0.493 e. The van der Waals surface area contributed by atoms with Gasteiger partial charge in [-0.25, -0.2) is 9.48 Å². The van der Waals surface area contributed by atoms with E-state index in [9.17, 15) is 14.7 Å². The van der Waals surface area contributed by atoms with Crippen LogP contribution in [0.3, 0.4) is 0 Å². The van der Waals surface area contributed by atoms with Crippen LogP contribution >= 0.6 is 0 Å². The Labute approximate surface area is 206 Å². The van der Waals surface area contributed by atoms with Gasteiger partial charge in [0.15, 0.2) is 17.3 Å². The van der Waals surface area contributed by atoms with Crippen LogP contribution in [-0.2, 0) is 4.79 Å². The first-order valence-corrected chi connectivity index (χ1v) is 11.2. The van der Waals surface area contributed by atoms with Crippen LogP contribution in [0.5, 0.6) is 17.2 Å². The molecule has 2 unspecified atom stereocenters. The fourth-order valence-electron chi connectivity index (χ4n) is 4.92. The molecule has 11 nitrogen and oxygen atoms in total. The van der Waals surface area contributed by atoms with Crippen molar-refractivity contribution in [1.82, 2.24) is 14.8 Å². The average Bonchev–Trinajstić information content (AvgIpc) is 3.25. The van der Waals surface area contributed by atoms with Crippen molar-refractivity contribution < 1.29 is 28.9 Å². The maximum atomic E-state index is 13.6. The van der Waals surface area contributed by atoms with E-state index in [1.165, 1.54) is 19.2 Å². The third-order valence-corrected chi connectivity index (χ3v) is 6.57. The molecule has 0 bridgehead atoms. The number of allylic oxidation sites excluding steroid dienone is 2. The van der Waals surface area contributed by atoms with Gasteiger partial charge in [0.1, 0.15) is 6.04 Å². The molecule has 0 fully saturated rings. The van der Waals surface area contributed by atoms with Gasteiger partial charge in [-0.3, -0.25) is 4.79 Å². The highest BCUT2D eigenvalue weighted by Gasteiger charge is 2.40. The van der Waals surface area contributed by atoms with Crippen LogP contribution in [0.2, 0.25) is 0 Å². The van der Waals surface area contributed by atoms with Gasteiger partial charge in [-0.15, -0.1) is 5.10 Å². The lowest BCUT2D eigenvalue weighted by atomic mass is 9.77. The summed E-state index contributed by atoms with van der Waals surface area (Å²) in [6, 6.07) is 9.51. The number of rotatable bonds is 6. The molecule has 0 radical (unpaired) electrons.